The molecule has 0 heterocycles. The average Bonchev–Trinajstić information content (AvgIpc) is 2.83. The Morgan fingerprint density at radius 1 is 0.531 bits per heavy atom. The van der Waals surface area contributed by atoms with Gasteiger partial charge in [-0.25, -0.2) is 0 Å². The van der Waals surface area contributed by atoms with Gasteiger partial charge in [0.25, 0.3) is 0 Å². The number of benzene rings is 4. The molecule has 4 rings (SSSR count). The Hall–Kier alpha value is -3.45. The van der Waals surface area contributed by atoms with E-state index in [-0.39, 0.29) is 17.6 Å². The fourth-order valence-corrected chi connectivity index (χ4v) is 4.91. The molecule has 2 unspecified atom stereocenters. The van der Waals surface area contributed by atoms with E-state index in [9.17, 15) is 4.79 Å². The topological polar surface area (TPSA) is 17.1 Å². The molecule has 1 heteroatoms. The molecule has 0 saturated carbocycles. The summed E-state index contributed by atoms with van der Waals surface area (Å²) in [7, 11) is 0. The van der Waals surface area contributed by atoms with Gasteiger partial charge >= 0.3 is 0 Å². The molecule has 0 spiro atoms. The zero-order valence-corrected chi connectivity index (χ0v) is 19.3. The van der Waals surface area contributed by atoms with Crippen molar-refractivity contribution in [2.45, 2.75) is 39.5 Å². The lowest BCUT2D eigenvalue weighted by Gasteiger charge is -2.24. The predicted molar refractivity (Wildman–Crippen MR) is 135 cm³/mol. The van der Waals surface area contributed by atoms with E-state index in [1.807, 2.05) is 12.1 Å². The van der Waals surface area contributed by atoms with E-state index in [0.29, 0.717) is 0 Å². The quantitative estimate of drug-likeness (QED) is 0.309. The lowest BCUT2D eigenvalue weighted by molar-refractivity contribution is -0.121. The van der Waals surface area contributed by atoms with Crippen molar-refractivity contribution in [3.63, 3.8) is 0 Å². The van der Waals surface area contributed by atoms with Crippen LogP contribution in [0.15, 0.2) is 97.1 Å². The molecule has 160 valence electrons. The van der Waals surface area contributed by atoms with Gasteiger partial charge < -0.3 is 0 Å². The fourth-order valence-electron chi connectivity index (χ4n) is 4.91. The van der Waals surface area contributed by atoms with Gasteiger partial charge in [0.2, 0.25) is 0 Å². The molecule has 0 fully saturated rings. The molecule has 0 N–H and O–H groups in total. The zero-order valence-electron chi connectivity index (χ0n) is 19.3. The van der Waals surface area contributed by atoms with E-state index in [1.54, 1.807) is 0 Å². The van der Waals surface area contributed by atoms with Crippen molar-refractivity contribution in [3.05, 3.63) is 119 Å². The van der Waals surface area contributed by atoms with E-state index < -0.39 is 0 Å². The highest BCUT2D eigenvalue weighted by Gasteiger charge is 2.28. The van der Waals surface area contributed by atoms with E-state index in [4.69, 9.17) is 0 Å². The first-order valence-electron chi connectivity index (χ1n) is 11.3. The highest BCUT2D eigenvalue weighted by Crippen LogP contribution is 2.38. The van der Waals surface area contributed by atoms with Crippen molar-refractivity contribution in [2.24, 2.45) is 0 Å². The molecule has 0 aromatic heterocycles. The first-order valence-corrected chi connectivity index (χ1v) is 11.3. The lowest BCUT2D eigenvalue weighted by Crippen LogP contribution is -2.19. The molecule has 0 aliphatic rings. The van der Waals surface area contributed by atoms with Gasteiger partial charge in [-0.1, -0.05) is 111 Å². The summed E-state index contributed by atoms with van der Waals surface area (Å²) in [6, 6.07) is 33.4. The van der Waals surface area contributed by atoms with Crippen molar-refractivity contribution >= 4 is 5.78 Å². The van der Waals surface area contributed by atoms with Gasteiger partial charge in [-0.05, 0) is 58.4 Å². The Kier molecular flexibility index (Phi) is 6.37. The van der Waals surface area contributed by atoms with Crippen LogP contribution in [0.5, 0.6) is 0 Å². The van der Waals surface area contributed by atoms with Crippen LogP contribution in [0, 0.1) is 13.8 Å². The monoisotopic (exact) mass is 418 g/mol. The smallest absolute Gasteiger partial charge is 0.147 e. The largest absolute Gasteiger partial charge is 0.298 e. The minimum absolute atomic E-state index is 0.204. The molecule has 0 aliphatic carbocycles. The standard InChI is InChI=1S/C31H30O/c1-21-13-11-19-27(25-15-7-5-8-16-25)29(21)23(3)31(32)24(4)30-22(2)14-12-20-28(30)26-17-9-6-10-18-26/h5-20,23-24H,1-4H3. The molecule has 32 heavy (non-hydrogen) atoms. The van der Waals surface area contributed by atoms with Crippen molar-refractivity contribution < 1.29 is 4.79 Å². The van der Waals surface area contributed by atoms with E-state index in [2.05, 4.69) is 113 Å². The number of hydrogen-bond acceptors (Lipinski definition) is 1. The first kappa shape index (κ1) is 21.8. The highest BCUT2D eigenvalue weighted by molar-refractivity contribution is 5.95. The lowest BCUT2D eigenvalue weighted by atomic mass is 9.78. The molecule has 0 bridgehead atoms. The van der Waals surface area contributed by atoms with Gasteiger partial charge in [0.05, 0.1) is 0 Å². The minimum Gasteiger partial charge on any atom is -0.298 e. The molecule has 2 atom stereocenters. The van der Waals surface area contributed by atoms with Crippen molar-refractivity contribution in [1.82, 2.24) is 0 Å². The van der Waals surface area contributed by atoms with Crippen LogP contribution < -0.4 is 0 Å². The molecule has 0 amide bonds. The van der Waals surface area contributed by atoms with Crippen LogP contribution in [-0.2, 0) is 4.79 Å². The number of Topliss-reactive ketones (excluding diaryl/α,β-unsaturated/α-hetero) is 1. The number of hydrogen-bond donors (Lipinski definition) is 0. The Morgan fingerprint density at radius 2 is 0.906 bits per heavy atom. The number of ketones is 1. The van der Waals surface area contributed by atoms with Crippen LogP contribution in [0.3, 0.4) is 0 Å². The molecule has 0 aliphatic heterocycles. The third-order valence-electron chi connectivity index (χ3n) is 6.54. The molecular weight excluding hydrogens is 388 g/mol. The summed E-state index contributed by atoms with van der Waals surface area (Å²) in [6.45, 7) is 8.35. The molecule has 0 saturated heterocycles. The molecular formula is C31H30O. The molecule has 4 aromatic carbocycles. The maximum Gasteiger partial charge on any atom is 0.147 e. The first-order chi connectivity index (χ1) is 15.5. The Balaban J connectivity index is 1.77. The highest BCUT2D eigenvalue weighted by atomic mass is 16.1. The third kappa shape index (κ3) is 4.16. The summed E-state index contributed by atoms with van der Waals surface area (Å²) in [4.78, 5) is 13.9. The van der Waals surface area contributed by atoms with Crippen LogP contribution in [0.4, 0.5) is 0 Å². The van der Waals surface area contributed by atoms with Gasteiger partial charge in [0.15, 0.2) is 0 Å². The van der Waals surface area contributed by atoms with Crippen LogP contribution in [0.2, 0.25) is 0 Å². The normalized spacial score (nSPS) is 12.9. The fraction of sp³-hybridized carbons (Fsp3) is 0.194. The Bertz CT molecular complexity index is 1130. The number of rotatable bonds is 6. The van der Waals surface area contributed by atoms with E-state index in [1.165, 1.54) is 0 Å². The van der Waals surface area contributed by atoms with Gasteiger partial charge in [-0.15, -0.1) is 0 Å². The van der Waals surface area contributed by atoms with Crippen LogP contribution >= 0.6 is 0 Å². The number of carbonyl (C=O) groups is 1. The Morgan fingerprint density at radius 3 is 1.28 bits per heavy atom. The molecule has 0 radical (unpaired) electrons. The molecule has 1 nitrogen and oxygen atoms in total. The van der Waals surface area contributed by atoms with Crippen molar-refractivity contribution in [2.75, 3.05) is 0 Å². The summed E-state index contributed by atoms with van der Waals surface area (Å²) in [5.41, 5.74) is 9.17. The summed E-state index contributed by atoms with van der Waals surface area (Å²) >= 11 is 0. The van der Waals surface area contributed by atoms with Gasteiger partial charge in [-0.3, -0.25) is 4.79 Å². The zero-order chi connectivity index (χ0) is 22.7. The third-order valence-corrected chi connectivity index (χ3v) is 6.54. The predicted octanol–water partition coefficient (Wildman–Crippen LogP) is 8.11. The maximum atomic E-state index is 13.9. The number of carbonyl (C=O) groups excluding carboxylic acids is 1. The summed E-state index contributed by atoms with van der Waals surface area (Å²) < 4.78 is 0. The van der Waals surface area contributed by atoms with E-state index >= 15 is 0 Å². The number of aryl methyl sites for hydroxylation is 2. The van der Waals surface area contributed by atoms with Crippen LogP contribution in [-0.4, -0.2) is 5.78 Å². The van der Waals surface area contributed by atoms with E-state index in [0.717, 1.165) is 44.5 Å². The minimum atomic E-state index is -0.204. The Labute approximate surface area is 191 Å². The SMILES string of the molecule is Cc1cccc(-c2ccccc2)c1C(C)C(=O)C(C)c1c(C)cccc1-c1ccccc1. The second-order valence-corrected chi connectivity index (χ2v) is 8.65. The summed E-state index contributed by atoms with van der Waals surface area (Å²) in [6.07, 6.45) is 0. The van der Waals surface area contributed by atoms with Gasteiger partial charge in [0.1, 0.15) is 5.78 Å². The van der Waals surface area contributed by atoms with Gasteiger partial charge in [0, 0.05) is 11.8 Å². The maximum absolute atomic E-state index is 13.9. The van der Waals surface area contributed by atoms with Crippen LogP contribution in [0.1, 0.15) is 47.9 Å². The van der Waals surface area contributed by atoms with Crippen molar-refractivity contribution in [1.29, 1.82) is 0 Å². The van der Waals surface area contributed by atoms with Crippen LogP contribution in [0.25, 0.3) is 22.3 Å². The molecule has 4 aromatic rings. The average molecular weight is 419 g/mol. The second kappa shape index (κ2) is 9.36. The summed E-state index contributed by atoms with van der Waals surface area (Å²) in [5, 5.41) is 0. The summed E-state index contributed by atoms with van der Waals surface area (Å²) in [5.74, 6) is -0.155. The second-order valence-electron chi connectivity index (χ2n) is 8.65. The van der Waals surface area contributed by atoms with Crippen molar-refractivity contribution in [3.8, 4) is 22.3 Å². The van der Waals surface area contributed by atoms with Gasteiger partial charge in [-0.2, -0.15) is 0 Å².